The lowest BCUT2D eigenvalue weighted by molar-refractivity contribution is -0.110. The molecule has 4 heteroatoms. The predicted molar refractivity (Wildman–Crippen MR) is 51.7 cm³/mol. The molecule has 1 aromatic carbocycles. The van der Waals surface area contributed by atoms with Crippen LogP contribution in [0.5, 0.6) is 0 Å². The van der Waals surface area contributed by atoms with Gasteiger partial charge in [0.2, 0.25) is 5.89 Å². The van der Waals surface area contributed by atoms with E-state index in [0.717, 1.165) is 5.52 Å². The molecule has 0 aliphatic carbocycles. The zero-order valence-corrected chi connectivity index (χ0v) is 7.62. The van der Waals surface area contributed by atoms with Gasteiger partial charge in [-0.05, 0) is 12.1 Å². The molecule has 3 nitrogen and oxygen atoms in total. The lowest BCUT2D eigenvalue weighted by Gasteiger charge is -1.84. The summed E-state index contributed by atoms with van der Waals surface area (Å²) in [5.74, 6) is 0.418. The Balaban J connectivity index is 2.44. The molecule has 0 bridgehead atoms. The Morgan fingerprint density at radius 3 is 2.92 bits per heavy atom. The molecule has 2 rings (SSSR count). The van der Waals surface area contributed by atoms with Crippen LogP contribution in [0.15, 0.2) is 28.7 Å². The first-order valence-electron chi connectivity index (χ1n) is 3.82. The molecule has 0 amide bonds. The predicted octanol–water partition coefficient (Wildman–Crippen LogP) is 1.83. The summed E-state index contributed by atoms with van der Waals surface area (Å²) in [5.41, 5.74) is 1.47. The van der Waals surface area contributed by atoms with Crippen molar-refractivity contribution < 1.29 is 9.21 Å². The standard InChI is InChI=1S/C9H7NO2S/c11-9(13)5-8-10-6-3-1-2-4-7(6)12-8/h1-4H,5H2,(H,11,13). The van der Waals surface area contributed by atoms with Crippen LogP contribution in [0.3, 0.4) is 0 Å². The normalized spacial score (nSPS) is 10.5. The molecule has 0 saturated carbocycles. The van der Waals surface area contributed by atoms with Crippen LogP contribution >= 0.6 is 12.6 Å². The number of thiol groups is 1. The Labute approximate surface area is 80.2 Å². The van der Waals surface area contributed by atoms with Gasteiger partial charge in [-0.25, -0.2) is 4.98 Å². The third-order valence-electron chi connectivity index (χ3n) is 1.64. The molecule has 0 saturated heterocycles. The summed E-state index contributed by atoms with van der Waals surface area (Å²) in [4.78, 5) is 14.8. The lowest BCUT2D eigenvalue weighted by Crippen LogP contribution is -1.92. The van der Waals surface area contributed by atoms with Crippen LogP contribution in [0.2, 0.25) is 0 Å². The second-order valence-electron chi connectivity index (χ2n) is 2.65. The Kier molecular flexibility index (Phi) is 2.06. The number of fused-ring (bicyclic) bond motifs is 1. The van der Waals surface area contributed by atoms with Crippen LogP contribution in [0.25, 0.3) is 11.1 Å². The number of para-hydroxylation sites is 2. The molecule has 1 aromatic heterocycles. The minimum atomic E-state index is -0.244. The van der Waals surface area contributed by atoms with Crippen LogP contribution in [0.1, 0.15) is 5.89 Å². The zero-order chi connectivity index (χ0) is 9.26. The smallest absolute Gasteiger partial charge is 0.203 e. The van der Waals surface area contributed by atoms with E-state index in [2.05, 4.69) is 17.6 Å². The van der Waals surface area contributed by atoms with Gasteiger partial charge in [0, 0.05) is 0 Å². The molecular formula is C9H7NO2S. The average molecular weight is 193 g/mol. The summed E-state index contributed by atoms with van der Waals surface area (Å²) >= 11 is 3.65. The van der Waals surface area contributed by atoms with Crippen LogP contribution in [0.4, 0.5) is 0 Å². The molecular weight excluding hydrogens is 186 g/mol. The number of rotatable bonds is 2. The van der Waals surface area contributed by atoms with Crippen molar-refractivity contribution in [1.82, 2.24) is 4.98 Å². The summed E-state index contributed by atoms with van der Waals surface area (Å²) in [7, 11) is 0. The maximum Gasteiger partial charge on any atom is 0.203 e. The number of oxazole rings is 1. The van der Waals surface area contributed by atoms with Crippen molar-refractivity contribution in [2.24, 2.45) is 0 Å². The molecule has 1 heterocycles. The first kappa shape index (κ1) is 8.31. The third kappa shape index (κ3) is 1.72. The van der Waals surface area contributed by atoms with Gasteiger partial charge in [-0.3, -0.25) is 4.79 Å². The lowest BCUT2D eigenvalue weighted by atomic mass is 10.3. The van der Waals surface area contributed by atoms with E-state index in [1.807, 2.05) is 24.3 Å². The number of hydrogen-bond acceptors (Lipinski definition) is 3. The van der Waals surface area contributed by atoms with Crippen molar-refractivity contribution in [2.75, 3.05) is 0 Å². The second kappa shape index (κ2) is 3.22. The Morgan fingerprint density at radius 2 is 2.23 bits per heavy atom. The molecule has 0 aliphatic rings. The molecule has 0 N–H and O–H groups in total. The van der Waals surface area contributed by atoms with Crippen molar-refractivity contribution in [3.8, 4) is 0 Å². The van der Waals surface area contributed by atoms with E-state index in [0.29, 0.717) is 11.5 Å². The molecule has 66 valence electrons. The van der Waals surface area contributed by atoms with Gasteiger partial charge in [0.15, 0.2) is 10.7 Å². The van der Waals surface area contributed by atoms with Gasteiger partial charge in [-0.1, -0.05) is 12.1 Å². The molecule has 13 heavy (non-hydrogen) atoms. The van der Waals surface area contributed by atoms with E-state index in [9.17, 15) is 4.79 Å². The summed E-state index contributed by atoms with van der Waals surface area (Å²) in [5, 5.41) is -0.244. The van der Waals surface area contributed by atoms with Crippen molar-refractivity contribution in [3.05, 3.63) is 30.2 Å². The third-order valence-corrected chi connectivity index (χ3v) is 1.80. The van der Waals surface area contributed by atoms with Gasteiger partial charge in [-0.2, -0.15) is 0 Å². The van der Waals surface area contributed by atoms with Crippen molar-refractivity contribution >= 4 is 28.8 Å². The topological polar surface area (TPSA) is 43.1 Å². The van der Waals surface area contributed by atoms with E-state index < -0.39 is 0 Å². The average Bonchev–Trinajstić information content (AvgIpc) is 2.44. The molecule has 0 aliphatic heterocycles. The number of nitrogens with zero attached hydrogens (tertiary/aromatic N) is 1. The SMILES string of the molecule is O=C(S)Cc1nc2ccccc2o1. The zero-order valence-electron chi connectivity index (χ0n) is 6.73. The second-order valence-corrected chi connectivity index (χ2v) is 3.14. The molecule has 2 aromatic rings. The largest absolute Gasteiger partial charge is 0.440 e. The highest BCUT2D eigenvalue weighted by atomic mass is 32.1. The minimum Gasteiger partial charge on any atom is -0.440 e. The molecule has 0 atom stereocenters. The maximum absolute atomic E-state index is 10.7. The fraction of sp³-hybridized carbons (Fsp3) is 0.111. The van der Waals surface area contributed by atoms with Crippen LogP contribution in [0, 0.1) is 0 Å². The Hall–Kier alpha value is -1.29. The summed E-state index contributed by atoms with van der Waals surface area (Å²) in [6.45, 7) is 0. The van der Waals surface area contributed by atoms with Crippen molar-refractivity contribution in [1.29, 1.82) is 0 Å². The number of carbonyl (C=O) groups is 1. The van der Waals surface area contributed by atoms with Crippen molar-refractivity contribution in [2.45, 2.75) is 6.42 Å². The van der Waals surface area contributed by atoms with E-state index in [4.69, 9.17) is 4.42 Å². The fourth-order valence-electron chi connectivity index (χ4n) is 1.12. The molecule has 0 spiro atoms. The summed E-state index contributed by atoms with van der Waals surface area (Å²) < 4.78 is 5.30. The van der Waals surface area contributed by atoms with E-state index in [1.54, 1.807) is 0 Å². The van der Waals surface area contributed by atoms with Gasteiger partial charge >= 0.3 is 0 Å². The number of carbonyl (C=O) groups excluding carboxylic acids is 1. The first-order chi connectivity index (χ1) is 6.25. The van der Waals surface area contributed by atoms with Gasteiger partial charge in [0.25, 0.3) is 0 Å². The van der Waals surface area contributed by atoms with Crippen LogP contribution in [-0.2, 0) is 11.2 Å². The fourth-order valence-corrected chi connectivity index (χ4v) is 1.26. The number of benzene rings is 1. The quantitative estimate of drug-likeness (QED) is 0.740. The minimum absolute atomic E-state index is 0.137. The van der Waals surface area contributed by atoms with Crippen molar-refractivity contribution in [3.63, 3.8) is 0 Å². The molecule has 0 fully saturated rings. The summed E-state index contributed by atoms with van der Waals surface area (Å²) in [6, 6.07) is 7.39. The number of hydrogen-bond donors (Lipinski definition) is 1. The van der Waals surface area contributed by atoms with Crippen LogP contribution < -0.4 is 0 Å². The first-order valence-corrected chi connectivity index (χ1v) is 4.26. The highest BCUT2D eigenvalue weighted by Gasteiger charge is 2.06. The van der Waals surface area contributed by atoms with E-state index in [-0.39, 0.29) is 11.5 Å². The molecule has 0 unspecified atom stereocenters. The highest BCUT2D eigenvalue weighted by molar-refractivity contribution is 7.96. The van der Waals surface area contributed by atoms with E-state index in [1.165, 1.54) is 0 Å². The number of aromatic nitrogens is 1. The maximum atomic E-state index is 10.7. The highest BCUT2D eigenvalue weighted by Crippen LogP contribution is 2.15. The van der Waals surface area contributed by atoms with E-state index >= 15 is 0 Å². The molecule has 0 radical (unpaired) electrons. The van der Waals surface area contributed by atoms with Gasteiger partial charge in [0.1, 0.15) is 5.52 Å². The van der Waals surface area contributed by atoms with Gasteiger partial charge < -0.3 is 4.42 Å². The van der Waals surface area contributed by atoms with Gasteiger partial charge in [-0.15, -0.1) is 12.6 Å². The summed E-state index contributed by atoms with van der Waals surface area (Å²) in [6.07, 6.45) is 0.137. The monoisotopic (exact) mass is 193 g/mol. The Morgan fingerprint density at radius 1 is 1.46 bits per heavy atom. The van der Waals surface area contributed by atoms with Gasteiger partial charge in [0.05, 0.1) is 6.42 Å². The van der Waals surface area contributed by atoms with Crippen LogP contribution in [-0.4, -0.2) is 10.1 Å². The Bertz CT molecular complexity index is 417.